The molecule has 0 fully saturated rings. The molecule has 0 aliphatic rings. The van der Waals surface area contributed by atoms with Crippen LogP contribution in [0.25, 0.3) is 0 Å². The Bertz CT molecular complexity index is 747. The lowest BCUT2D eigenvalue weighted by atomic mass is 9.92. The molecule has 0 spiro atoms. The first-order valence-corrected chi connectivity index (χ1v) is 8.28. The van der Waals surface area contributed by atoms with Crippen LogP contribution in [0.4, 0.5) is 4.39 Å². The van der Waals surface area contributed by atoms with Crippen molar-refractivity contribution >= 4 is 15.6 Å². The van der Waals surface area contributed by atoms with E-state index in [0.29, 0.717) is 5.56 Å². The molecule has 0 aromatic heterocycles. The normalized spacial score (nSPS) is 12.9. The number of carbonyl (C=O) groups is 1. The number of rotatable bonds is 4. The predicted molar refractivity (Wildman–Crippen MR) is 78.7 cm³/mol. The fourth-order valence-electron chi connectivity index (χ4n) is 2.02. The van der Waals surface area contributed by atoms with E-state index in [4.69, 9.17) is 0 Å². The van der Waals surface area contributed by atoms with Crippen molar-refractivity contribution in [2.24, 2.45) is 0 Å². The van der Waals surface area contributed by atoms with Gasteiger partial charge in [0.05, 0.1) is 4.90 Å². The minimum absolute atomic E-state index is 0.137. The third-order valence-corrected chi connectivity index (χ3v) is 4.46. The predicted octanol–water partition coefficient (Wildman–Crippen LogP) is 3.22. The number of carbonyl (C=O) groups excluding carboxylic acids is 1. The number of benzene rings is 2. The summed E-state index contributed by atoms with van der Waals surface area (Å²) in [6, 6.07) is 11.6. The second-order valence-corrected chi connectivity index (χ2v) is 6.95. The molecule has 0 saturated carbocycles. The SMILES string of the molecule is CC(C(=O)c1ccc(F)cc1)c1ccc(S(C)(=O)=O)cc1. The highest BCUT2D eigenvalue weighted by Gasteiger charge is 2.18. The molecule has 3 nitrogen and oxygen atoms in total. The minimum Gasteiger partial charge on any atom is -0.294 e. The highest BCUT2D eigenvalue weighted by Crippen LogP contribution is 2.22. The first-order valence-electron chi connectivity index (χ1n) is 6.39. The van der Waals surface area contributed by atoms with Crippen LogP contribution < -0.4 is 0 Å². The van der Waals surface area contributed by atoms with Crippen molar-refractivity contribution in [1.82, 2.24) is 0 Å². The van der Waals surface area contributed by atoms with Gasteiger partial charge in [0.15, 0.2) is 15.6 Å². The Labute approximate surface area is 123 Å². The summed E-state index contributed by atoms with van der Waals surface area (Å²) in [6.45, 7) is 1.74. The third kappa shape index (κ3) is 3.55. The Morgan fingerprint density at radius 2 is 1.52 bits per heavy atom. The number of Topliss-reactive ketones (excluding diaryl/α,β-unsaturated/α-hetero) is 1. The number of hydrogen-bond acceptors (Lipinski definition) is 3. The van der Waals surface area contributed by atoms with Crippen LogP contribution in [-0.4, -0.2) is 20.5 Å². The molecular weight excluding hydrogens is 291 g/mol. The van der Waals surface area contributed by atoms with Gasteiger partial charge in [-0.1, -0.05) is 19.1 Å². The highest BCUT2D eigenvalue weighted by molar-refractivity contribution is 7.90. The average molecular weight is 306 g/mol. The third-order valence-electron chi connectivity index (χ3n) is 3.33. The lowest BCUT2D eigenvalue weighted by molar-refractivity contribution is 0.0966. The maximum Gasteiger partial charge on any atom is 0.175 e. The molecule has 0 aliphatic heterocycles. The van der Waals surface area contributed by atoms with Crippen LogP contribution in [0.3, 0.4) is 0 Å². The van der Waals surface area contributed by atoms with Crippen molar-refractivity contribution in [2.75, 3.05) is 6.26 Å². The molecule has 110 valence electrons. The van der Waals surface area contributed by atoms with E-state index >= 15 is 0 Å². The molecule has 5 heteroatoms. The van der Waals surface area contributed by atoms with Crippen LogP contribution in [0.15, 0.2) is 53.4 Å². The van der Waals surface area contributed by atoms with E-state index in [0.717, 1.165) is 11.8 Å². The van der Waals surface area contributed by atoms with E-state index in [9.17, 15) is 17.6 Å². The molecule has 0 aliphatic carbocycles. The molecule has 1 unspecified atom stereocenters. The van der Waals surface area contributed by atoms with Gasteiger partial charge in [-0.2, -0.15) is 0 Å². The van der Waals surface area contributed by atoms with Crippen molar-refractivity contribution in [3.05, 3.63) is 65.5 Å². The first-order chi connectivity index (χ1) is 9.79. The maximum absolute atomic E-state index is 12.9. The molecule has 2 aromatic carbocycles. The Morgan fingerprint density at radius 1 is 1.00 bits per heavy atom. The fraction of sp³-hybridized carbons (Fsp3) is 0.188. The van der Waals surface area contributed by atoms with E-state index in [1.807, 2.05) is 0 Å². The summed E-state index contributed by atoms with van der Waals surface area (Å²) in [4.78, 5) is 12.5. The monoisotopic (exact) mass is 306 g/mol. The number of ketones is 1. The quantitative estimate of drug-likeness (QED) is 0.815. The Kier molecular flexibility index (Phi) is 4.23. The number of sulfone groups is 1. The lowest BCUT2D eigenvalue weighted by Crippen LogP contribution is -2.10. The minimum atomic E-state index is -3.25. The van der Waals surface area contributed by atoms with Gasteiger partial charge in [-0.05, 0) is 42.0 Å². The van der Waals surface area contributed by atoms with E-state index in [1.54, 1.807) is 19.1 Å². The van der Waals surface area contributed by atoms with Crippen molar-refractivity contribution in [3.63, 3.8) is 0 Å². The molecule has 21 heavy (non-hydrogen) atoms. The van der Waals surface area contributed by atoms with Crippen LogP contribution in [0.1, 0.15) is 28.8 Å². The summed E-state index contributed by atoms with van der Waals surface area (Å²) < 4.78 is 35.7. The zero-order chi connectivity index (χ0) is 15.6. The standard InChI is InChI=1S/C16H15FO3S/c1-11(16(18)13-3-7-14(17)8-4-13)12-5-9-15(10-6-12)21(2,19)20/h3-11H,1-2H3. The molecule has 2 rings (SSSR count). The van der Waals surface area contributed by atoms with E-state index in [1.165, 1.54) is 36.4 Å². The van der Waals surface area contributed by atoms with Gasteiger partial charge in [-0.15, -0.1) is 0 Å². The van der Waals surface area contributed by atoms with Crippen LogP contribution >= 0.6 is 0 Å². The zero-order valence-electron chi connectivity index (χ0n) is 11.7. The second kappa shape index (κ2) is 5.77. The van der Waals surface area contributed by atoms with Gasteiger partial charge in [-0.3, -0.25) is 4.79 Å². The maximum atomic E-state index is 12.9. The molecule has 2 aromatic rings. The lowest BCUT2D eigenvalue weighted by Gasteiger charge is -2.11. The average Bonchev–Trinajstić information content (AvgIpc) is 2.46. The van der Waals surface area contributed by atoms with Gasteiger partial charge in [0.1, 0.15) is 5.82 Å². The van der Waals surface area contributed by atoms with Crippen LogP contribution in [0.2, 0.25) is 0 Å². The van der Waals surface area contributed by atoms with Gasteiger partial charge in [-0.25, -0.2) is 12.8 Å². The summed E-state index contributed by atoms with van der Waals surface area (Å²) in [6.07, 6.45) is 1.13. The largest absolute Gasteiger partial charge is 0.294 e. The van der Waals surface area contributed by atoms with Crippen molar-refractivity contribution in [2.45, 2.75) is 17.7 Å². The Morgan fingerprint density at radius 3 is 2.00 bits per heavy atom. The fourth-order valence-corrected chi connectivity index (χ4v) is 2.65. The molecule has 0 saturated heterocycles. The smallest absolute Gasteiger partial charge is 0.175 e. The molecule has 0 bridgehead atoms. The van der Waals surface area contributed by atoms with Gasteiger partial charge >= 0.3 is 0 Å². The van der Waals surface area contributed by atoms with Gasteiger partial charge in [0.2, 0.25) is 0 Å². The summed E-state index contributed by atoms with van der Waals surface area (Å²) in [5.74, 6) is -0.956. The van der Waals surface area contributed by atoms with Gasteiger partial charge < -0.3 is 0 Å². The topological polar surface area (TPSA) is 51.2 Å². The Hall–Kier alpha value is -2.01. The molecule has 0 N–H and O–H groups in total. The Balaban J connectivity index is 2.25. The van der Waals surface area contributed by atoms with Crippen molar-refractivity contribution < 1.29 is 17.6 Å². The molecule has 1 atom stereocenters. The summed E-state index contributed by atoms with van der Waals surface area (Å²) >= 11 is 0. The first kappa shape index (κ1) is 15.4. The summed E-state index contributed by atoms with van der Waals surface area (Å²) in [7, 11) is -3.25. The summed E-state index contributed by atoms with van der Waals surface area (Å²) in [5, 5.41) is 0. The van der Waals surface area contributed by atoms with E-state index < -0.39 is 21.6 Å². The van der Waals surface area contributed by atoms with E-state index in [2.05, 4.69) is 0 Å². The van der Waals surface area contributed by atoms with Gasteiger partial charge in [0.25, 0.3) is 0 Å². The van der Waals surface area contributed by atoms with Crippen LogP contribution in [-0.2, 0) is 9.84 Å². The highest BCUT2D eigenvalue weighted by atomic mass is 32.2. The number of halogens is 1. The van der Waals surface area contributed by atoms with Crippen LogP contribution in [0.5, 0.6) is 0 Å². The molecule has 0 amide bonds. The number of hydrogen-bond donors (Lipinski definition) is 0. The van der Waals surface area contributed by atoms with E-state index in [-0.39, 0.29) is 10.7 Å². The second-order valence-electron chi connectivity index (χ2n) is 4.93. The van der Waals surface area contributed by atoms with Crippen molar-refractivity contribution in [1.29, 1.82) is 0 Å². The molecular formula is C16H15FO3S. The van der Waals surface area contributed by atoms with Crippen LogP contribution in [0, 0.1) is 5.82 Å². The van der Waals surface area contributed by atoms with Crippen molar-refractivity contribution in [3.8, 4) is 0 Å². The zero-order valence-corrected chi connectivity index (χ0v) is 12.5. The van der Waals surface area contributed by atoms with Gasteiger partial charge in [0, 0.05) is 17.7 Å². The summed E-state index contributed by atoms with van der Waals surface area (Å²) in [5.41, 5.74) is 1.15. The molecule has 0 heterocycles. The molecule has 0 radical (unpaired) electrons.